The van der Waals surface area contributed by atoms with Gasteiger partial charge >= 0.3 is 5.97 Å². The number of halogens is 1. The highest BCUT2D eigenvalue weighted by Crippen LogP contribution is 2.29. The smallest absolute Gasteiger partial charge is 0.331 e. The molecule has 0 radical (unpaired) electrons. The average molecular weight is 371 g/mol. The van der Waals surface area contributed by atoms with Gasteiger partial charge in [0.15, 0.2) is 0 Å². The number of nitrogens with one attached hydrogen (secondary N) is 1. The minimum absolute atomic E-state index is 0.128. The molecule has 0 aliphatic heterocycles. The molecule has 6 nitrogen and oxygen atoms in total. The number of nitrogens with zero attached hydrogens (tertiary/aromatic N) is 1. The second kappa shape index (κ2) is 7.09. The number of methoxy groups -OCH3 is 1. The van der Waals surface area contributed by atoms with Crippen LogP contribution in [0.2, 0.25) is 0 Å². The van der Waals surface area contributed by atoms with Crippen molar-refractivity contribution in [2.45, 2.75) is 44.2 Å². The molecular formula is C15H19BrN2O4. The maximum atomic E-state index is 12.3. The van der Waals surface area contributed by atoms with Gasteiger partial charge in [0.25, 0.3) is 5.56 Å². The van der Waals surface area contributed by atoms with Crippen molar-refractivity contribution in [3.05, 3.63) is 33.2 Å². The minimum Gasteiger partial charge on any atom is -0.467 e. The number of ether oxygens (including phenoxy) is 1. The Hall–Kier alpha value is -1.63. The molecular weight excluding hydrogens is 352 g/mol. The molecule has 1 aromatic heterocycles. The number of hydrogen-bond donors (Lipinski definition) is 1. The molecule has 7 heteroatoms. The normalized spacial score (nSPS) is 16.8. The number of hydrogen-bond acceptors (Lipinski definition) is 4. The van der Waals surface area contributed by atoms with Gasteiger partial charge in [-0.2, -0.15) is 0 Å². The van der Waals surface area contributed by atoms with Crippen LogP contribution in [0.3, 0.4) is 0 Å². The lowest BCUT2D eigenvalue weighted by Gasteiger charge is -2.35. The molecule has 0 unspecified atom stereocenters. The van der Waals surface area contributed by atoms with Gasteiger partial charge in [0.1, 0.15) is 12.1 Å². The van der Waals surface area contributed by atoms with Crippen LogP contribution in [-0.4, -0.2) is 29.1 Å². The Kier molecular flexibility index (Phi) is 5.39. The third-order valence-corrected chi connectivity index (χ3v) is 4.39. The quantitative estimate of drug-likeness (QED) is 0.816. The summed E-state index contributed by atoms with van der Waals surface area (Å²) < 4.78 is 6.86. The summed E-state index contributed by atoms with van der Waals surface area (Å²) >= 11 is 3.26. The van der Waals surface area contributed by atoms with Crippen molar-refractivity contribution in [1.29, 1.82) is 0 Å². The van der Waals surface area contributed by atoms with E-state index in [2.05, 4.69) is 21.2 Å². The van der Waals surface area contributed by atoms with Crippen LogP contribution in [0.4, 0.5) is 0 Å². The Balaban J connectivity index is 2.13. The Bertz CT molecular complexity index is 620. The molecule has 0 atom stereocenters. The first-order valence-corrected chi connectivity index (χ1v) is 8.01. The van der Waals surface area contributed by atoms with E-state index in [-0.39, 0.29) is 18.0 Å². The highest BCUT2D eigenvalue weighted by atomic mass is 79.9. The maximum absolute atomic E-state index is 12.3. The lowest BCUT2D eigenvalue weighted by molar-refractivity contribution is -0.152. The van der Waals surface area contributed by atoms with Crippen LogP contribution in [0.5, 0.6) is 0 Å². The lowest BCUT2D eigenvalue weighted by Crippen LogP contribution is -2.57. The molecule has 1 aromatic rings. The van der Waals surface area contributed by atoms with Crippen LogP contribution in [-0.2, 0) is 20.9 Å². The maximum Gasteiger partial charge on any atom is 0.331 e. The third kappa shape index (κ3) is 3.76. The van der Waals surface area contributed by atoms with Crippen LogP contribution >= 0.6 is 15.9 Å². The van der Waals surface area contributed by atoms with E-state index in [0.29, 0.717) is 17.3 Å². The first-order chi connectivity index (χ1) is 10.5. The van der Waals surface area contributed by atoms with E-state index in [0.717, 1.165) is 19.3 Å². The van der Waals surface area contributed by atoms with E-state index >= 15 is 0 Å². The third-order valence-electron chi connectivity index (χ3n) is 3.92. The van der Waals surface area contributed by atoms with Gasteiger partial charge in [-0.15, -0.1) is 0 Å². The van der Waals surface area contributed by atoms with E-state index in [1.165, 1.54) is 17.7 Å². The van der Waals surface area contributed by atoms with Crippen molar-refractivity contribution in [1.82, 2.24) is 9.88 Å². The fourth-order valence-corrected chi connectivity index (χ4v) is 3.20. The summed E-state index contributed by atoms with van der Waals surface area (Å²) in [5.74, 6) is -0.783. The average Bonchev–Trinajstić information content (AvgIpc) is 2.51. The molecule has 1 amide bonds. The first kappa shape index (κ1) is 16.7. The predicted octanol–water partition coefficient (Wildman–Crippen LogP) is 1.60. The number of rotatable bonds is 4. The summed E-state index contributed by atoms with van der Waals surface area (Å²) in [6.45, 7) is -0.128. The zero-order valence-electron chi connectivity index (χ0n) is 12.4. The van der Waals surface area contributed by atoms with Crippen LogP contribution in [0.15, 0.2) is 27.6 Å². The Morgan fingerprint density at radius 2 is 2.00 bits per heavy atom. The highest BCUT2D eigenvalue weighted by Gasteiger charge is 2.41. The Morgan fingerprint density at radius 3 is 2.64 bits per heavy atom. The highest BCUT2D eigenvalue weighted by molar-refractivity contribution is 9.10. The molecule has 1 aliphatic rings. The summed E-state index contributed by atoms with van der Waals surface area (Å²) in [7, 11) is 1.32. The van der Waals surface area contributed by atoms with E-state index in [1.54, 1.807) is 12.3 Å². The summed E-state index contributed by atoms with van der Waals surface area (Å²) in [4.78, 5) is 36.1. The topological polar surface area (TPSA) is 77.4 Å². The van der Waals surface area contributed by atoms with E-state index in [9.17, 15) is 14.4 Å². The molecule has 1 saturated carbocycles. The van der Waals surface area contributed by atoms with Crippen molar-refractivity contribution in [3.8, 4) is 0 Å². The lowest BCUT2D eigenvalue weighted by atomic mass is 9.81. The molecule has 2 rings (SSSR count). The van der Waals surface area contributed by atoms with Crippen LogP contribution in [0.1, 0.15) is 32.1 Å². The van der Waals surface area contributed by atoms with Gasteiger partial charge in [-0.3, -0.25) is 9.59 Å². The number of carbonyl (C=O) groups excluding carboxylic acids is 2. The molecule has 1 fully saturated rings. The van der Waals surface area contributed by atoms with Crippen molar-refractivity contribution >= 4 is 27.8 Å². The molecule has 1 heterocycles. The van der Waals surface area contributed by atoms with Gasteiger partial charge in [-0.05, 0) is 34.8 Å². The van der Waals surface area contributed by atoms with E-state index in [4.69, 9.17) is 4.74 Å². The summed E-state index contributed by atoms with van der Waals surface area (Å²) in [5, 5.41) is 2.79. The standard InChI is InChI=1S/C15H19BrN2O4/c1-22-14(21)15(7-3-2-4-8-15)17-12(19)10-18-9-11(16)5-6-13(18)20/h5-6,9H,2-4,7-8,10H2,1H3,(H,17,19). The van der Waals surface area contributed by atoms with Gasteiger partial charge in [0, 0.05) is 16.7 Å². The van der Waals surface area contributed by atoms with E-state index < -0.39 is 11.5 Å². The Labute approximate surface area is 137 Å². The fraction of sp³-hybridized carbons (Fsp3) is 0.533. The van der Waals surface area contributed by atoms with Gasteiger partial charge < -0.3 is 14.6 Å². The molecule has 22 heavy (non-hydrogen) atoms. The first-order valence-electron chi connectivity index (χ1n) is 7.22. The van der Waals surface area contributed by atoms with Crippen molar-refractivity contribution in [2.24, 2.45) is 0 Å². The number of pyridine rings is 1. The summed E-state index contributed by atoms with van der Waals surface area (Å²) in [5.41, 5.74) is -1.23. The van der Waals surface area contributed by atoms with Crippen LogP contribution < -0.4 is 10.9 Å². The van der Waals surface area contributed by atoms with Gasteiger partial charge in [-0.1, -0.05) is 19.3 Å². The van der Waals surface area contributed by atoms with Crippen molar-refractivity contribution < 1.29 is 14.3 Å². The van der Waals surface area contributed by atoms with Gasteiger partial charge in [0.2, 0.25) is 5.91 Å². The molecule has 1 aliphatic carbocycles. The zero-order valence-corrected chi connectivity index (χ0v) is 14.0. The molecule has 120 valence electrons. The van der Waals surface area contributed by atoms with Crippen LogP contribution in [0.25, 0.3) is 0 Å². The number of amides is 1. The minimum atomic E-state index is -0.959. The SMILES string of the molecule is COC(=O)C1(NC(=O)Cn2cc(Br)ccc2=O)CCCCC1. The van der Waals surface area contributed by atoms with Crippen molar-refractivity contribution in [3.63, 3.8) is 0 Å². The van der Waals surface area contributed by atoms with Crippen molar-refractivity contribution in [2.75, 3.05) is 7.11 Å². The monoisotopic (exact) mass is 370 g/mol. The largest absolute Gasteiger partial charge is 0.467 e. The molecule has 0 saturated heterocycles. The van der Waals surface area contributed by atoms with Gasteiger partial charge in [-0.25, -0.2) is 4.79 Å². The molecule has 0 aromatic carbocycles. The Morgan fingerprint density at radius 1 is 1.32 bits per heavy atom. The summed E-state index contributed by atoms with van der Waals surface area (Å²) in [6.07, 6.45) is 5.46. The fourth-order valence-electron chi connectivity index (χ4n) is 2.82. The molecule has 0 spiro atoms. The van der Waals surface area contributed by atoms with Crippen LogP contribution in [0, 0.1) is 0 Å². The second-order valence-corrected chi connectivity index (χ2v) is 6.41. The van der Waals surface area contributed by atoms with Gasteiger partial charge in [0.05, 0.1) is 7.11 Å². The van der Waals surface area contributed by atoms with E-state index in [1.807, 2.05) is 0 Å². The molecule has 1 N–H and O–H groups in total. The summed E-state index contributed by atoms with van der Waals surface area (Å²) in [6, 6.07) is 3.00. The predicted molar refractivity (Wildman–Crippen MR) is 84.4 cm³/mol. The number of carbonyl (C=O) groups is 2. The molecule has 0 bridgehead atoms. The number of esters is 1. The zero-order chi connectivity index (χ0) is 16.2. The number of aromatic nitrogens is 1. The second-order valence-electron chi connectivity index (χ2n) is 5.50.